The first-order valence-corrected chi connectivity index (χ1v) is 6.98. The minimum Gasteiger partial charge on any atom is -0.359 e. The number of pyridine rings is 1. The summed E-state index contributed by atoms with van der Waals surface area (Å²) in [6.45, 7) is 0. The highest BCUT2D eigenvalue weighted by atomic mass is 15.1. The van der Waals surface area contributed by atoms with E-state index in [2.05, 4.69) is 25.3 Å². The molecule has 0 aliphatic carbocycles. The van der Waals surface area contributed by atoms with Crippen LogP contribution in [0.1, 0.15) is 0 Å². The lowest BCUT2D eigenvalue weighted by Gasteiger charge is -2.05. The summed E-state index contributed by atoms with van der Waals surface area (Å²) in [5.41, 5.74) is 4.66. The highest BCUT2D eigenvalue weighted by Crippen LogP contribution is 2.26. The van der Waals surface area contributed by atoms with Gasteiger partial charge in [-0.3, -0.25) is 4.98 Å². The van der Waals surface area contributed by atoms with Crippen molar-refractivity contribution >= 4 is 22.7 Å². The van der Waals surface area contributed by atoms with Gasteiger partial charge in [0.2, 0.25) is 5.95 Å². The SMILES string of the molecule is c1ccc(Nc2nccc(-c3c[nH]c4cccnc34)n2)cc1. The highest BCUT2D eigenvalue weighted by Gasteiger charge is 2.09. The zero-order valence-electron chi connectivity index (χ0n) is 11.7. The van der Waals surface area contributed by atoms with Crippen molar-refractivity contribution < 1.29 is 0 Å². The van der Waals surface area contributed by atoms with E-state index in [-0.39, 0.29) is 0 Å². The summed E-state index contributed by atoms with van der Waals surface area (Å²) < 4.78 is 0. The number of nitrogens with one attached hydrogen (secondary N) is 2. The lowest BCUT2D eigenvalue weighted by molar-refractivity contribution is 1.17. The second-order valence-electron chi connectivity index (χ2n) is 4.86. The number of hydrogen-bond donors (Lipinski definition) is 2. The van der Waals surface area contributed by atoms with E-state index in [1.54, 1.807) is 12.4 Å². The van der Waals surface area contributed by atoms with Crippen molar-refractivity contribution in [1.29, 1.82) is 0 Å². The summed E-state index contributed by atoms with van der Waals surface area (Å²) in [7, 11) is 0. The smallest absolute Gasteiger partial charge is 0.227 e. The fourth-order valence-corrected chi connectivity index (χ4v) is 2.37. The number of nitrogens with zero attached hydrogens (tertiary/aromatic N) is 3. The molecular formula is C17H13N5. The van der Waals surface area contributed by atoms with Crippen LogP contribution >= 0.6 is 0 Å². The maximum Gasteiger partial charge on any atom is 0.227 e. The number of aromatic nitrogens is 4. The Morgan fingerprint density at radius 2 is 1.77 bits per heavy atom. The van der Waals surface area contributed by atoms with Crippen LogP contribution in [-0.4, -0.2) is 19.9 Å². The third-order valence-electron chi connectivity index (χ3n) is 3.40. The standard InChI is InChI=1S/C17H13N5/c1-2-5-12(6-3-1)21-17-19-10-8-14(22-17)13-11-20-15-7-4-9-18-16(13)15/h1-11,20H,(H,19,21,22). The number of H-pyrrole nitrogens is 1. The van der Waals surface area contributed by atoms with E-state index in [9.17, 15) is 0 Å². The molecule has 0 radical (unpaired) electrons. The molecule has 0 saturated heterocycles. The fourth-order valence-electron chi connectivity index (χ4n) is 2.37. The second kappa shape index (κ2) is 5.29. The molecule has 3 heterocycles. The van der Waals surface area contributed by atoms with E-state index >= 15 is 0 Å². The maximum atomic E-state index is 4.58. The molecule has 4 aromatic rings. The fraction of sp³-hybridized carbons (Fsp3) is 0. The van der Waals surface area contributed by atoms with E-state index in [1.807, 2.05) is 54.7 Å². The first-order chi connectivity index (χ1) is 10.9. The Labute approximate surface area is 127 Å². The van der Waals surface area contributed by atoms with Crippen LogP contribution in [0.4, 0.5) is 11.6 Å². The Kier molecular flexibility index (Phi) is 3.01. The number of aromatic amines is 1. The Balaban J connectivity index is 1.73. The summed E-state index contributed by atoms with van der Waals surface area (Å²) >= 11 is 0. The summed E-state index contributed by atoms with van der Waals surface area (Å²) in [5, 5.41) is 3.20. The molecule has 2 N–H and O–H groups in total. The van der Waals surface area contributed by atoms with Crippen LogP contribution in [0.5, 0.6) is 0 Å². The van der Waals surface area contributed by atoms with Crippen LogP contribution in [-0.2, 0) is 0 Å². The van der Waals surface area contributed by atoms with Crippen LogP contribution < -0.4 is 5.32 Å². The molecule has 5 heteroatoms. The van der Waals surface area contributed by atoms with Gasteiger partial charge in [-0.25, -0.2) is 9.97 Å². The minimum absolute atomic E-state index is 0.564. The molecule has 22 heavy (non-hydrogen) atoms. The van der Waals surface area contributed by atoms with E-state index in [0.717, 1.165) is 28.0 Å². The van der Waals surface area contributed by atoms with E-state index in [1.165, 1.54) is 0 Å². The van der Waals surface area contributed by atoms with Gasteiger partial charge in [-0.1, -0.05) is 18.2 Å². The van der Waals surface area contributed by atoms with Gasteiger partial charge < -0.3 is 10.3 Å². The summed E-state index contributed by atoms with van der Waals surface area (Å²) in [6.07, 6.45) is 5.45. The summed E-state index contributed by atoms with van der Waals surface area (Å²) in [5.74, 6) is 0.564. The molecule has 5 nitrogen and oxygen atoms in total. The Hall–Kier alpha value is -3.21. The number of para-hydroxylation sites is 1. The molecule has 0 saturated carbocycles. The summed E-state index contributed by atoms with van der Waals surface area (Å²) in [4.78, 5) is 16.5. The van der Waals surface area contributed by atoms with Crippen LogP contribution in [0.2, 0.25) is 0 Å². The molecule has 1 aromatic carbocycles. The van der Waals surface area contributed by atoms with E-state index < -0.39 is 0 Å². The molecule has 3 aromatic heterocycles. The van der Waals surface area contributed by atoms with Gasteiger partial charge in [0.15, 0.2) is 0 Å². The number of benzene rings is 1. The first kappa shape index (κ1) is 12.5. The van der Waals surface area contributed by atoms with Gasteiger partial charge in [0.25, 0.3) is 0 Å². The Morgan fingerprint density at radius 3 is 2.68 bits per heavy atom. The number of anilines is 2. The molecule has 0 amide bonds. The van der Waals surface area contributed by atoms with Crippen molar-refractivity contribution in [2.75, 3.05) is 5.32 Å². The molecule has 4 rings (SSSR count). The molecule has 0 atom stereocenters. The van der Waals surface area contributed by atoms with Crippen LogP contribution in [0.3, 0.4) is 0 Å². The van der Waals surface area contributed by atoms with Crippen molar-refractivity contribution in [3.63, 3.8) is 0 Å². The molecule has 0 aliphatic heterocycles. The van der Waals surface area contributed by atoms with Crippen LogP contribution in [0.15, 0.2) is 67.1 Å². The van der Waals surface area contributed by atoms with Crippen LogP contribution in [0, 0.1) is 0 Å². The zero-order valence-corrected chi connectivity index (χ0v) is 11.7. The lowest BCUT2D eigenvalue weighted by atomic mass is 10.2. The van der Waals surface area contributed by atoms with Crippen molar-refractivity contribution in [1.82, 2.24) is 19.9 Å². The molecular weight excluding hydrogens is 274 g/mol. The topological polar surface area (TPSA) is 66.5 Å². The molecule has 0 aliphatic rings. The number of fused-ring (bicyclic) bond motifs is 1. The number of hydrogen-bond acceptors (Lipinski definition) is 4. The third kappa shape index (κ3) is 2.29. The molecule has 0 unspecified atom stereocenters. The Bertz CT molecular complexity index is 914. The third-order valence-corrected chi connectivity index (χ3v) is 3.40. The van der Waals surface area contributed by atoms with Crippen molar-refractivity contribution in [3.05, 3.63) is 67.1 Å². The summed E-state index contributed by atoms with van der Waals surface area (Å²) in [6, 6.07) is 15.6. The number of rotatable bonds is 3. The quantitative estimate of drug-likeness (QED) is 0.602. The zero-order chi connectivity index (χ0) is 14.8. The maximum absolute atomic E-state index is 4.58. The normalized spacial score (nSPS) is 10.7. The van der Waals surface area contributed by atoms with E-state index in [4.69, 9.17) is 0 Å². The van der Waals surface area contributed by atoms with Gasteiger partial charge >= 0.3 is 0 Å². The predicted octanol–water partition coefficient (Wildman–Crippen LogP) is 3.76. The average Bonchev–Trinajstić information content (AvgIpc) is 3.00. The molecule has 0 bridgehead atoms. The van der Waals surface area contributed by atoms with Crippen molar-refractivity contribution in [2.45, 2.75) is 0 Å². The monoisotopic (exact) mass is 287 g/mol. The van der Waals surface area contributed by atoms with Gasteiger partial charge in [0.1, 0.15) is 0 Å². The van der Waals surface area contributed by atoms with Crippen LogP contribution in [0.25, 0.3) is 22.3 Å². The lowest BCUT2D eigenvalue weighted by Crippen LogP contribution is -1.97. The van der Waals surface area contributed by atoms with Crippen molar-refractivity contribution in [3.8, 4) is 11.3 Å². The van der Waals surface area contributed by atoms with Crippen molar-refractivity contribution in [2.24, 2.45) is 0 Å². The van der Waals surface area contributed by atoms with Gasteiger partial charge in [0.05, 0.1) is 16.7 Å². The Morgan fingerprint density at radius 1 is 0.864 bits per heavy atom. The van der Waals surface area contributed by atoms with E-state index in [0.29, 0.717) is 5.95 Å². The molecule has 0 spiro atoms. The molecule has 106 valence electrons. The van der Waals surface area contributed by atoms with Gasteiger partial charge in [-0.2, -0.15) is 0 Å². The van der Waals surface area contributed by atoms with Gasteiger partial charge in [-0.05, 0) is 30.3 Å². The minimum atomic E-state index is 0.564. The van der Waals surface area contributed by atoms with Gasteiger partial charge in [-0.15, -0.1) is 0 Å². The second-order valence-corrected chi connectivity index (χ2v) is 4.86. The van der Waals surface area contributed by atoms with Gasteiger partial charge in [0, 0.05) is 29.8 Å². The highest BCUT2D eigenvalue weighted by molar-refractivity contribution is 5.91. The first-order valence-electron chi connectivity index (χ1n) is 6.98. The largest absolute Gasteiger partial charge is 0.359 e. The average molecular weight is 287 g/mol. The predicted molar refractivity (Wildman–Crippen MR) is 86.8 cm³/mol. The molecule has 0 fully saturated rings.